The summed E-state index contributed by atoms with van der Waals surface area (Å²) < 4.78 is 0. The van der Waals surface area contributed by atoms with E-state index in [0.717, 1.165) is 36.9 Å². The lowest BCUT2D eigenvalue weighted by atomic mass is 10.0. The molecular formula is C16H24N2O2. The number of hydrogen-bond donors (Lipinski definition) is 3. The van der Waals surface area contributed by atoms with Crippen LogP contribution in [-0.4, -0.2) is 29.2 Å². The molecule has 0 bridgehead atoms. The van der Waals surface area contributed by atoms with Crippen LogP contribution in [0.25, 0.3) is 0 Å². The molecule has 4 heteroatoms. The number of aryl methyl sites for hydroxylation is 1. The quantitative estimate of drug-likeness (QED) is 0.773. The van der Waals surface area contributed by atoms with Crippen molar-refractivity contribution in [2.45, 2.75) is 51.2 Å². The molecule has 0 aliphatic heterocycles. The second-order valence-corrected chi connectivity index (χ2v) is 5.89. The Morgan fingerprint density at radius 2 is 1.90 bits per heavy atom. The number of aliphatic hydroxyl groups is 1. The molecule has 1 saturated carbocycles. The summed E-state index contributed by atoms with van der Waals surface area (Å²) in [5, 5.41) is 16.3. The van der Waals surface area contributed by atoms with Gasteiger partial charge < -0.3 is 15.7 Å². The zero-order chi connectivity index (χ0) is 14.6. The molecule has 0 saturated heterocycles. The van der Waals surface area contributed by atoms with Gasteiger partial charge in [-0.25, -0.2) is 0 Å². The van der Waals surface area contributed by atoms with Gasteiger partial charge in [-0.3, -0.25) is 4.79 Å². The lowest BCUT2D eigenvalue weighted by molar-refractivity contribution is -0.118. The SMILES string of the molecule is Cc1ccc(NC(=O)C(C)NCC2(O)CCCC2)cc1. The summed E-state index contributed by atoms with van der Waals surface area (Å²) in [5.41, 5.74) is 1.34. The third-order valence-corrected chi connectivity index (χ3v) is 3.98. The molecule has 1 aliphatic carbocycles. The first-order chi connectivity index (χ1) is 9.48. The maximum absolute atomic E-state index is 12.1. The minimum Gasteiger partial charge on any atom is -0.389 e. The van der Waals surface area contributed by atoms with E-state index in [0.29, 0.717) is 6.54 Å². The van der Waals surface area contributed by atoms with E-state index >= 15 is 0 Å². The van der Waals surface area contributed by atoms with Crippen molar-refractivity contribution in [3.8, 4) is 0 Å². The average molecular weight is 276 g/mol. The fourth-order valence-electron chi connectivity index (χ4n) is 2.53. The van der Waals surface area contributed by atoms with Gasteiger partial charge in [0.2, 0.25) is 5.91 Å². The van der Waals surface area contributed by atoms with E-state index in [1.165, 1.54) is 0 Å². The largest absolute Gasteiger partial charge is 0.389 e. The number of anilines is 1. The lowest BCUT2D eigenvalue weighted by Crippen LogP contribution is -2.46. The summed E-state index contributed by atoms with van der Waals surface area (Å²) in [6.45, 7) is 4.31. The van der Waals surface area contributed by atoms with Gasteiger partial charge in [0.15, 0.2) is 0 Å². The minimum absolute atomic E-state index is 0.0737. The van der Waals surface area contributed by atoms with Gasteiger partial charge in [-0.05, 0) is 38.8 Å². The van der Waals surface area contributed by atoms with Gasteiger partial charge in [-0.2, -0.15) is 0 Å². The van der Waals surface area contributed by atoms with Gasteiger partial charge >= 0.3 is 0 Å². The zero-order valence-electron chi connectivity index (χ0n) is 12.3. The number of carbonyl (C=O) groups excluding carboxylic acids is 1. The van der Waals surface area contributed by atoms with Crippen LogP contribution in [0.4, 0.5) is 5.69 Å². The topological polar surface area (TPSA) is 61.4 Å². The minimum atomic E-state index is -0.627. The van der Waals surface area contributed by atoms with Crippen molar-refractivity contribution in [3.63, 3.8) is 0 Å². The van der Waals surface area contributed by atoms with Crippen LogP contribution in [0.1, 0.15) is 38.2 Å². The van der Waals surface area contributed by atoms with Crippen LogP contribution in [0.2, 0.25) is 0 Å². The van der Waals surface area contributed by atoms with Crippen molar-refractivity contribution in [1.29, 1.82) is 0 Å². The molecule has 0 heterocycles. The summed E-state index contributed by atoms with van der Waals surface area (Å²) in [5.74, 6) is -0.0737. The first-order valence-corrected chi connectivity index (χ1v) is 7.32. The summed E-state index contributed by atoms with van der Waals surface area (Å²) in [4.78, 5) is 12.1. The summed E-state index contributed by atoms with van der Waals surface area (Å²) in [7, 11) is 0. The number of benzene rings is 1. The van der Waals surface area contributed by atoms with Gasteiger partial charge in [-0.15, -0.1) is 0 Å². The molecule has 1 aromatic carbocycles. The van der Waals surface area contributed by atoms with Crippen molar-refractivity contribution >= 4 is 11.6 Å². The van der Waals surface area contributed by atoms with Gasteiger partial charge in [0, 0.05) is 12.2 Å². The Hall–Kier alpha value is -1.39. The van der Waals surface area contributed by atoms with Crippen molar-refractivity contribution < 1.29 is 9.90 Å². The Kier molecular flexibility index (Phi) is 4.78. The molecule has 2 rings (SSSR count). The first-order valence-electron chi connectivity index (χ1n) is 7.32. The van der Waals surface area contributed by atoms with E-state index in [-0.39, 0.29) is 11.9 Å². The first kappa shape index (κ1) is 15.0. The van der Waals surface area contributed by atoms with E-state index in [2.05, 4.69) is 10.6 Å². The molecule has 3 N–H and O–H groups in total. The van der Waals surface area contributed by atoms with Gasteiger partial charge in [-0.1, -0.05) is 30.5 Å². The van der Waals surface area contributed by atoms with Crippen LogP contribution in [-0.2, 0) is 4.79 Å². The normalized spacial score (nSPS) is 18.8. The smallest absolute Gasteiger partial charge is 0.241 e. The highest BCUT2D eigenvalue weighted by Crippen LogP contribution is 2.28. The number of rotatable bonds is 5. The molecule has 0 spiro atoms. The van der Waals surface area contributed by atoms with Crippen molar-refractivity contribution in [2.24, 2.45) is 0 Å². The van der Waals surface area contributed by atoms with Crippen molar-refractivity contribution in [3.05, 3.63) is 29.8 Å². The van der Waals surface area contributed by atoms with Crippen LogP contribution < -0.4 is 10.6 Å². The number of hydrogen-bond acceptors (Lipinski definition) is 3. The van der Waals surface area contributed by atoms with Crippen molar-refractivity contribution in [1.82, 2.24) is 5.32 Å². The summed E-state index contributed by atoms with van der Waals surface area (Å²) >= 11 is 0. The van der Waals surface area contributed by atoms with Crippen LogP contribution in [0.5, 0.6) is 0 Å². The highest BCUT2D eigenvalue weighted by molar-refractivity contribution is 5.94. The molecule has 4 nitrogen and oxygen atoms in total. The average Bonchev–Trinajstić information content (AvgIpc) is 2.86. The van der Waals surface area contributed by atoms with Crippen molar-refractivity contribution in [2.75, 3.05) is 11.9 Å². The Morgan fingerprint density at radius 1 is 1.30 bits per heavy atom. The summed E-state index contributed by atoms with van der Waals surface area (Å²) in [6.07, 6.45) is 3.79. The molecule has 1 unspecified atom stereocenters. The standard InChI is InChI=1S/C16H24N2O2/c1-12-5-7-14(8-6-12)18-15(19)13(2)17-11-16(20)9-3-4-10-16/h5-8,13,17,20H,3-4,9-11H2,1-2H3,(H,18,19). The Labute approximate surface area is 120 Å². The molecule has 1 amide bonds. The molecule has 1 atom stereocenters. The van der Waals surface area contributed by atoms with Gasteiger partial charge in [0.25, 0.3) is 0 Å². The Bertz CT molecular complexity index is 450. The predicted octanol–water partition coefficient (Wildman–Crippen LogP) is 2.22. The van der Waals surface area contributed by atoms with Gasteiger partial charge in [0.1, 0.15) is 0 Å². The zero-order valence-corrected chi connectivity index (χ0v) is 12.3. The molecular weight excluding hydrogens is 252 g/mol. The van der Waals surface area contributed by atoms with Crippen LogP contribution in [0.3, 0.4) is 0 Å². The highest BCUT2D eigenvalue weighted by atomic mass is 16.3. The van der Waals surface area contributed by atoms with E-state index in [4.69, 9.17) is 0 Å². The third-order valence-electron chi connectivity index (χ3n) is 3.98. The molecule has 0 aromatic heterocycles. The predicted molar refractivity (Wildman–Crippen MR) is 80.7 cm³/mol. The van der Waals surface area contributed by atoms with E-state index < -0.39 is 5.60 Å². The summed E-state index contributed by atoms with van der Waals surface area (Å²) in [6, 6.07) is 7.40. The van der Waals surface area contributed by atoms with E-state index in [1.807, 2.05) is 38.1 Å². The molecule has 0 radical (unpaired) electrons. The molecule has 20 heavy (non-hydrogen) atoms. The molecule has 1 fully saturated rings. The van der Waals surface area contributed by atoms with E-state index in [1.54, 1.807) is 0 Å². The second kappa shape index (κ2) is 6.37. The fraction of sp³-hybridized carbons (Fsp3) is 0.562. The highest BCUT2D eigenvalue weighted by Gasteiger charge is 2.31. The molecule has 1 aliphatic rings. The second-order valence-electron chi connectivity index (χ2n) is 5.89. The fourth-order valence-corrected chi connectivity index (χ4v) is 2.53. The lowest BCUT2D eigenvalue weighted by Gasteiger charge is -2.24. The number of carbonyl (C=O) groups is 1. The maximum atomic E-state index is 12.1. The Morgan fingerprint density at radius 3 is 2.50 bits per heavy atom. The Balaban J connectivity index is 1.81. The number of nitrogens with one attached hydrogen (secondary N) is 2. The monoisotopic (exact) mass is 276 g/mol. The molecule has 1 aromatic rings. The van der Waals surface area contributed by atoms with Crippen LogP contribution >= 0.6 is 0 Å². The molecule has 110 valence electrons. The van der Waals surface area contributed by atoms with Gasteiger partial charge in [0.05, 0.1) is 11.6 Å². The number of amides is 1. The van der Waals surface area contributed by atoms with E-state index in [9.17, 15) is 9.90 Å². The van der Waals surface area contributed by atoms with Crippen LogP contribution in [0, 0.1) is 6.92 Å². The maximum Gasteiger partial charge on any atom is 0.241 e. The van der Waals surface area contributed by atoms with Crippen LogP contribution in [0.15, 0.2) is 24.3 Å². The third kappa shape index (κ3) is 4.05.